The summed E-state index contributed by atoms with van der Waals surface area (Å²) in [5.74, 6) is -0.516. The van der Waals surface area contributed by atoms with E-state index in [9.17, 15) is 9.18 Å². The Morgan fingerprint density at radius 3 is 2.73 bits per heavy atom. The van der Waals surface area contributed by atoms with Crippen molar-refractivity contribution in [2.45, 2.75) is 6.61 Å². The zero-order chi connectivity index (χ0) is 15.4. The maximum Gasteiger partial charge on any atom is 0.331 e. The van der Waals surface area contributed by atoms with Crippen LogP contribution in [0.25, 0.3) is 17.2 Å². The number of ether oxygens (including phenoxy) is 1. The van der Waals surface area contributed by atoms with Crippen molar-refractivity contribution in [2.24, 2.45) is 0 Å². The lowest BCUT2D eigenvalue weighted by Crippen LogP contribution is -2.00. The Labute approximate surface area is 125 Å². The first kappa shape index (κ1) is 14.0. The van der Waals surface area contributed by atoms with E-state index in [2.05, 4.69) is 4.98 Å². The molecule has 0 amide bonds. The van der Waals surface area contributed by atoms with Crippen LogP contribution in [-0.2, 0) is 16.1 Å². The minimum absolute atomic E-state index is 0.0804. The van der Waals surface area contributed by atoms with Gasteiger partial charge in [0.05, 0.1) is 0 Å². The molecule has 3 aromatic rings. The molecule has 22 heavy (non-hydrogen) atoms. The van der Waals surface area contributed by atoms with Gasteiger partial charge < -0.3 is 9.15 Å². The number of para-hydroxylation sites is 2. The number of hydrogen-bond donors (Lipinski definition) is 0. The van der Waals surface area contributed by atoms with Gasteiger partial charge in [-0.25, -0.2) is 14.2 Å². The van der Waals surface area contributed by atoms with Crippen LogP contribution in [0.5, 0.6) is 0 Å². The Balaban J connectivity index is 1.59. The van der Waals surface area contributed by atoms with E-state index in [-0.39, 0.29) is 12.4 Å². The Hall–Kier alpha value is -2.95. The summed E-state index contributed by atoms with van der Waals surface area (Å²) in [4.78, 5) is 15.8. The number of halogens is 1. The van der Waals surface area contributed by atoms with Crippen molar-refractivity contribution < 1.29 is 18.3 Å². The number of rotatable bonds is 4. The summed E-state index contributed by atoms with van der Waals surface area (Å²) >= 11 is 0. The highest BCUT2D eigenvalue weighted by Gasteiger charge is 2.03. The molecule has 0 atom stereocenters. The summed E-state index contributed by atoms with van der Waals surface area (Å²) < 4.78 is 23.2. The fourth-order valence-electron chi connectivity index (χ4n) is 1.88. The molecule has 1 aromatic heterocycles. The van der Waals surface area contributed by atoms with E-state index in [0.29, 0.717) is 17.0 Å². The molecule has 0 aliphatic heterocycles. The van der Waals surface area contributed by atoms with E-state index >= 15 is 0 Å². The molecule has 2 aromatic carbocycles. The van der Waals surface area contributed by atoms with Crippen LogP contribution >= 0.6 is 0 Å². The fraction of sp³-hybridized carbons (Fsp3) is 0.0588. The molecule has 0 radical (unpaired) electrons. The molecule has 1 heterocycles. The SMILES string of the molecule is O=C(/C=C/c1nc2ccccc2o1)OCc1ccc(F)cc1. The van der Waals surface area contributed by atoms with Gasteiger partial charge in [-0.1, -0.05) is 24.3 Å². The molecule has 110 valence electrons. The van der Waals surface area contributed by atoms with Gasteiger partial charge in [0, 0.05) is 12.2 Å². The standard InChI is InChI=1S/C17H12FNO3/c18-13-7-5-12(6-8-13)11-21-17(20)10-9-16-19-14-3-1-2-4-15(14)22-16/h1-10H,11H2/b10-9+. The lowest BCUT2D eigenvalue weighted by atomic mass is 10.2. The third kappa shape index (κ3) is 3.38. The van der Waals surface area contributed by atoms with Crippen LogP contribution in [0.2, 0.25) is 0 Å². The van der Waals surface area contributed by atoms with Gasteiger partial charge in [-0.05, 0) is 29.8 Å². The number of esters is 1. The average molecular weight is 297 g/mol. The first-order valence-corrected chi connectivity index (χ1v) is 6.65. The average Bonchev–Trinajstić information content (AvgIpc) is 2.95. The molecular formula is C17H12FNO3. The molecule has 0 aliphatic carbocycles. The summed E-state index contributed by atoms with van der Waals surface area (Å²) in [6, 6.07) is 13.1. The van der Waals surface area contributed by atoms with Gasteiger partial charge in [0.1, 0.15) is 17.9 Å². The summed E-state index contributed by atoms with van der Waals surface area (Å²) in [7, 11) is 0. The summed E-state index contributed by atoms with van der Waals surface area (Å²) in [5, 5.41) is 0. The second-order valence-electron chi connectivity index (χ2n) is 4.59. The topological polar surface area (TPSA) is 52.3 Å². The molecule has 0 spiro atoms. The van der Waals surface area contributed by atoms with Crippen molar-refractivity contribution in [2.75, 3.05) is 0 Å². The number of aromatic nitrogens is 1. The second kappa shape index (κ2) is 6.22. The van der Waals surface area contributed by atoms with Crippen molar-refractivity contribution in [3.8, 4) is 0 Å². The van der Waals surface area contributed by atoms with Gasteiger partial charge >= 0.3 is 5.97 Å². The van der Waals surface area contributed by atoms with Crippen molar-refractivity contribution in [1.29, 1.82) is 0 Å². The maximum absolute atomic E-state index is 12.7. The molecule has 0 unspecified atom stereocenters. The van der Waals surface area contributed by atoms with Gasteiger partial charge in [-0.3, -0.25) is 0 Å². The molecule has 0 saturated carbocycles. The summed E-state index contributed by atoms with van der Waals surface area (Å²) in [6.07, 6.45) is 2.70. The number of nitrogens with zero attached hydrogens (tertiary/aromatic N) is 1. The van der Waals surface area contributed by atoms with Gasteiger partial charge in [0.2, 0.25) is 5.89 Å². The number of carbonyl (C=O) groups is 1. The predicted octanol–water partition coefficient (Wildman–Crippen LogP) is 3.72. The monoisotopic (exact) mass is 297 g/mol. The van der Waals surface area contributed by atoms with Gasteiger partial charge in [0.15, 0.2) is 5.58 Å². The number of fused-ring (bicyclic) bond motifs is 1. The third-order valence-electron chi connectivity index (χ3n) is 2.97. The number of carbonyl (C=O) groups excluding carboxylic acids is 1. The van der Waals surface area contributed by atoms with Crippen LogP contribution in [0, 0.1) is 5.82 Å². The third-order valence-corrected chi connectivity index (χ3v) is 2.97. The highest BCUT2D eigenvalue weighted by Crippen LogP contribution is 2.15. The normalized spacial score (nSPS) is 11.1. The number of oxazole rings is 1. The van der Waals surface area contributed by atoms with Gasteiger partial charge in [-0.2, -0.15) is 0 Å². The van der Waals surface area contributed by atoms with Crippen LogP contribution in [0.15, 0.2) is 59.0 Å². The lowest BCUT2D eigenvalue weighted by molar-refractivity contribution is -0.138. The zero-order valence-corrected chi connectivity index (χ0v) is 11.5. The number of hydrogen-bond acceptors (Lipinski definition) is 4. The molecule has 0 saturated heterocycles. The quantitative estimate of drug-likeness (QED) is 0.544. The highest BCUT2D eigenvalue weighted by atomic mass is 19.1. The zero-order valence-electron chi connectivity index (χ0n) is 11.5. The summed E-state index contributed by atoms with van der Waals surface area (Å²) in [6.45, 7) is 0.0804. The highest BCUT2D eigenvalue weighted by molar-refractivity contribution is 5.86. The first-order valence-electron chi connectivity index (χ1n) is 6.65. The van der Waals surface area contributed by atoms with E-state index in [1.807, 2.05) is 18.2 Å². The van der Waals surface area contributed by atoms with E-state index < -0.39 is 5.97 Å². The summed E-state index contributed by atoms with van der Waals surface area (Å²) in [5.41, 5.74) is 2.09. The molecule has 0 fully saturated rings. The van der Waals surface area contributed by atoms with Crippen molar-refractivity contribution in [1.82, 2.24) is 4.98 Å². The van der Waals surface area contributed by atoms with Crippen LogP contribution in [0.3, 0.4) is 0 Å². The lowest BCUT2D eigenvalue weighted by Gasteiger charge is -2.01. The first-order chi connectivity index (χ1) is 10.7. The molecule has 4 nitrogen and oxygen atoms in total. The molecule has 0 N–H and O–H groups in total. The molecule has 0 bridgehead atoms. The predicted molar refractivity (Wildman–Crippen MR) is 79.2 cm³/mol. The smallest absolute Gasteiger partial charge is 0.331 e. The van der Waals surface area contributed by atoms with Gasteiger partial charge in [0.25, 0.3) is 0 Å². The van der Waals surface area contributed by atoms with Crippen molar-refractivity contribution in [3.05, 3.63) is 71.9 Å². The maximum atomic E-state index is 12.7. The number of benzene rings is 2. The molecule has 3 rings (SSSR count). The van der Waals surface area contributed by atoms with Crippen LogP contribution < -0.4 is 0 Å². The second-order valence-corrected chi connectivity index (χ2v) is 4.59. The van der Waals surface area contributed by atoms with Crippen LogP contribution in [-0.4, -0.2) is 11.0 Å². The fourth-order valence-corrected chi connectivity index (χ4v) is 1.88. The Bertz CT molecular complexity index is 788. The molecule has 5 heteroatoms. The van der Waals surface area contributed by atoms with Crippen molar-refractivity contribution in [3.63, 3.8) is 0 Å². The van der Waals surface area contributed by atoms with E-state index in [1.54, 1.807) is 18.2 Å². The van der Waals surface area contributed by atoms with Crippen LogP contribution in [0.1, 0.15) is 11.5 Å². The minimum Gasteiger partial charge on any atom is -0.458 e. The van der Waals surface area contributed by atoms with E-state index in [0.717, 1.165) is 5.52 Å². The van der Waals surface area contributed by atoms with Crippen molar-refractivity contribution >= 4 is 23.1 Å². The van der Waals surface area contributed by atoms with E-state index in [4.69, 9.17) is 9.15 Å². The largest absolute Gasteiger partial charge is 0.458 e. The van der Waals surface area contributed by atoms with Gasteiger partial charge in [-0.15, -0.1) is 0 Å². The minimum atomic E-state index is -0.522. The van der Waals surface area contributed by atoms with E-state index in [1.165, 1.54) is 24.3 Å². The van der Waals surface area contributed by atoms with Crippen LogP contribution in [0.4, 0.5) is 4.39 Å². The molecule has 0 aliphatic rings. The Kier molecular flexibility index (Phi) is 3.96. The Morgan fingerprint density at radius 2 is 1.95 bits per heavy atom. The Morgan fingerprint density at radius 1 is 1.18 bits per heavy atom. The molecular weight excluding hydrogens is 285 g/mol.